The quantitative estimate of drug-likeness (QED) is 0.627. The van der Waals surface area contributed by atoms with Gasteiger partial charge in [-0.05, 0) is 29.7 Å². The number of hydrogen-bond acceptors (Lipinski definition) is 6. The molecule has 0 saturated heterocycles. The molecule has 0 fully saturated rings. The highest BCUT2D eigenvalue weighted by molar-refractivity contribution is 7.20. The van der Waals surface area contributed by atoms with E-state index in [0.717, 1.165) is 10.1 Å². The van der Waals surface area contributed by atoms with E-state index in [9.17, 15) is 4.79 Å². The van der Waals surface area contributed by atoms with Crippen molar-refractivity contribution in [3.05, 3.63) is 47.3 Å². The van der Waals surface area contributed by atoms with Gasteiger partial charge in [0.05, 0.1) is 25.6 Å². The molecule has 0 aliphatic rings. The van der Waals surface area contributed by atoms with Crippen LogP contribution in [0.4, 0.5) is 11.4 Å². The highest BCUT2D eigenvalue weighted by atomic mass is 32.1. The monoisotopic (exact) mass is 346 g/mol. The number of ether oxygens (including phenoxy) is 2. The van der Waals surface area contributed by atoms with Crippen LogP contribution in [0.5, 0.6) is 11.5 Å². The van der Waals surface area contributed by atoms with Gasteiger partial charge in [0.25, 0.3) is 0 Å². The number of fused-ring (bicyclic) bond motifs is 1. The zero-order valence-electron chi connectivity index (χ0n) is 13.3. The third kappa shape index (κ3) is 3.88. The van der Waals surface area contributed by atoms with E-state index < -0.39 is 5.97 Å². The third-order valence-electron chi connectivity index (χ3n) is 3.23. The molecule has 6 nitrogen and oxygen atoms in total. The van der Waals surface area contributed by atoms with Gasteiger partial charge in [0.2, 0.25) is 0 Å². The van der Waals surface area contributed by atoms with Crippen molar-refractivity contribution in [2.45, 2.75) is 0 Å². The molecule has 0 amide bonds. The number of anilines is 2. The number of rotatable bonds is 3. The number of hydrogen-bond donors (Lipinski definition) is 3. The minimum absolute atomic E-state index is 0.310. The average molecular weight is 346 g/mol. The summed E-state index contributed by atoms with van der Waals surface area (Å²) in [5.74, 6) is 0.290. The Labute approximate surface area is 143 Å². The van der Waals surface area contributed by atoms with Crippen molar-refractivity contribution in [1.29, 1.82) is 0 Å². The lowest BCUT2D eigenvalue weighted by Gasteiger charge is -2.06. The van der Waals surface area contributed by atoms with E-state index >= 15 is 0 Å². The second kappa shape index (κ2) is 7.56. The van der Waals surface area contributed by atoms with Crippen LogP contribution < -0.4 is 20.9 Å². The Morgan fingerprint density at radius 2 is 1.54 bits per heavy atom. The number of nitrogen functional groups attached to an aromatic ring is 2. The summed E-state index contributed by atoms with van der Waals surface area (Å²) >= 11 is 1.22. The van der Waals surface area contributed by atoms with Crippen LogP contribution in [0.25, 0.3) is 10.1 Å². The molecule has 2 aromatic carbocycles. The predicted octanol–water partition coefficient (Wildman–Crippen LogP) is 3.47. The summed E-state index contributed by atoms with van der Waals surface area (Å²) in [5, 5.41) is 9.73. The predicted molar refractivity (Wildman–Crippen MR) is 97.2 cm³/mol. The number of benzene rings is 2. The number of methoxy groups -OCH3 is 2. The molecule has 0 radical (unpaired) electrons. The lowest BCUT2D eigenvalue weighted by Crippen LogP contribution is -1.91. The van der Waals surface area contributed by atoms with Crippen LogP contribution in [0.2, 0.25) is 0 Å². The fourth-order valence-electron chi connectivity index (χ4n) is 1.98. The highest BCUT2D eigenvalue weighted by Crippen LogP contribution is 2.36. The SMILES string of the molecule is COc1cc2cc(C(=O)O)sc2cc1OC.Nc1ccccc1N. The minimum atomic E-state index is -0.917. The number of carbonyl (C=O) groups is 1. The Morgan fingerprint density at radius 1 is 1.00 bits per heavy atom. The van der Waals surface area contributed by atoms with Crippen molar-refractivity contribution in [2.24, 2.45) is 0 Å². The van der Waals surface area contributed by atoms with Gasteiger partial charge < -0.3 is 26.0 Å². The van der Waals surface area contributed by atoms with Crippen LogP contribution in [-0.4, -0.2) is 25.3 Å². The first-order chi connectivity index (χ1) is 11.5. The van der Waals surface area contributed by atoms with Crippen LogP contribution in [0.1, 0.15) is 9.67 Å². The van der Waals surface area contributed by atoms with Gasteiger partial charge in [0, 0.05) is 10.8 Å². The molecule has 0 aliphatic carbocycles. The van der Waals surface area contributed by atoms with Gasteiger partial charge in [0.15, 0.2) is 11.5 Å². The molecule has 0 bridgehead atoms. The van der Waals surface area contributed by atoms with Gasteiger partial charge in [-0.15, -0.1) is 11.3 Å². The number of nitrogens with two attached hydrogens (primary N) is 2. The minimum Gasteiger partial charge on any atom is -0.493 e. The molecule has 126 valence electrons. The summed E-state index contributed by atoms with van der Waals surface area (Å²) in [6, 6.07) is 12.4. The van der Waals surface area contributed by atoms with E-state index in [1.165, 1.54) is 11.3 Å². The normalized spacial score (nSPS) is 9.92. The third-order valence-corrected chi connectivity index (χ3v) is 4.32. The second-order valence-electron chi connectivity index (χ2n) is 4.79. The molecule has 24 heavy (non-hydrogen) atoms. The second-order valence-corrected chi connectivity index (χ2v) is 5.87. The maximum absolute atomic E-state index is 10.8. The highest BCUT2D eigenvalue weighted by Gasteiger charge is 2.12. The lowest BCUT2D eigenvalue weighted by atomic mass is 10.2. The van der Waals surface area contributed by atoms with E-state index in [0.29, 0.717) is 27.8 Å². The molecule has 1 heterocycles. The first-order valence-electron chi connectivity index (χ1n) is 6.95. The van der Waals surface area contributed by atoms with Crippen molar-refractivity contribution in [2.75, 3.05) is 25.7 Å². The number of carboxylic acids is 1. The van der Waals surface area contributed by atoms with Crippen LogP contribution in [0.15, 0.2) is 42.5 Å². The van der Waals surface area contributed by atoms with Crippen molar-refractivity contribution < 1.29 is 19.4 Å². The average Bonchev–Trinajstić information content (AvgIpc) is 3.00. The van der Waals surface area contributed by atoms with Crippen LogP contribution in [0.3, 0.4) is 0 Å². The van der Waals surface area contributed by atoms with Gasteiger partial charge in [-0.2, -0.15) is 0 Å². The van der Waals surface area contributed by atoms with Crippen LogP contribution in [0, 0.1) is 0 Å². The zero-order valence-corrected chi connectivity index (χ0v) is 14.1. The molecule has 0 unspecified atom stereocenters. The Balaban J connectivity index is 0.000000219. The molecule has 0 spiro atoms. The van der Waals surface area contributed by atoms with Crippen LogP contribution in [-0.2, 0) is 0 Å². The van der Waals surface area contributed by atoms with Crippen molar-refractivity contribution in [1.82, 2.24) is 0 Å². The number of para-hydroxylation sites is 2. The molecule has 0 aliphatic heterocycles. The molecule has 3 rings (SSSR count). The standard InChI is InChI=1S/C11H10O4S.C6H8N2/c1-14-7-3-6-4-10(11(12)13)16-9(6)5-8(7)15-2;7-5-3-1-2-4-6(5)8/h3-5H,1-2H3,(H,12,13);1-4H,7-8H2. The topological polar surface area (TPSA) is 108 Å². The molecular formula is C17H18N2O4S. The smallest absolute Gasteiger partial charge is 0.345 e. The Hall–Kier alpha value is -2.93. The number of carboxylic acid groups (broad SMARTS) is 1. The first-order valence-corrected chi connectivity index (χ1v) is 7.76. The van der Waals surface area contributed by atoms with Crippen molar-refractivity contribution in [3.63, 3.8) is 0 Å². The molecular weight excluding hydrogens is 328 g/mol. The van der Waals surface area contributed by atoms with Crippen molar-refractivity contribution in [3.8, 4) is 11.5 Å². The zero-order chi connectivity index (χ0) is 17.7. The van der Waals surface area contributed by atoms with E-state index in [2.05, 4.69) is 0 Å². The summed E-state index contributed by atoms with van der Waals surface area (Å²) in [7, 11) is 3.10. The summed E-state index contributed by atoms with van der Waals surface area (Å²) < 4.78 is 11.2. The first kappa shape index (κ1) is 17.4. The fraction of sp³-hybridized carbons (Fsp3) is 0.118. The van der Waals surface area contributed by atoms with Gasteiger partial charge in [-0.25, -0.2) is 4.79 Å². The summed E-state index contributed by atoms with van der Waals surface area (Å²) in [6.07, 6.45) is 0. The molecule has 5 N–H and O–H groups in total. The van der Waals surface area contributed by atoms with E-state index in [-0.39, 0.29) is 0 Å². The molecule has 3 aromatic rings. The summed E-state index contributed by atoms with van der Waals surface area (Å²) in [6.45, 7) is 0. The Morgan fingerprint density at radius 3 is 2.00 bits per heavy atom. The lowest BCUT2D eigenvalue weighted by molar-refractivity contribution is 0.0702. The van der Waals surface area contributed by atoms with Gasteiger partial charge in [-0.3, -0.25) is 0 Å². The van der Waals surface area contributed by atoms with Gasteiger partial charge >= 0.3 is 5.97 Å². The van der Waals surface area contributed by atoms with Crippen LogP contribution >= 0.6 is 11.3 Å². The summed E-state index contributed by atoms with van der Waals surface area (Å²) in [5.41, 5.74) is 12.1. The van der Waals surface area contributed by atoms with E-state index in [4.69, 9.17) is 26.0 Å². The Bertz CT molecular complexity index is 799. The fourth-order valence-corrected chi connectivity index (χ4v) is 2.89. The summed E-state index contributed by atoms with van der Waals surface area (Å²) in [4.78, 5) is 11.1. The maximum atomic E-state index is 10.8. The maximum Gasteiger partial charge on any atom is 0.345 e. The Kier molecular flexibility index (Phi) is 5.49. The van der Waals surface area contributed by atoms with Gasteiger partial charge in [0.1, 0.15) is 4.88 Å². The molecule has 7 heteroatoms. The largest absolute Gasteiger partial charge is 0.493 e. The molecule has 0 atom stereocenters. The van der Waals surface area contributed by atoms with E-state index in [1.807, 2.05) is 12.1 Å². The van der Waals surface area contributed by atoms with Gasteiger partial charge in [-0.1, -0.05) is 12.1 Å². The number of aromatic carboxylic acids is 1. The molecule has 1 aromatic heterocycles. The number of thiophene rings is 1. The molecule has 0 saturated carbocycles. The van der Waals surface area contributed by atoms with E-state index in [1.54, 1.807) is 44.6 Å². The van der Waals surface area contributed by atoms with Crippen molar-refractivity contribution >= 4 is 38.8 Å².